The zero-order valence-electron chi connectivity index (χ0n) is 8.83. The van der Waals surface area contributed by atoms with Gasteiger partial charge < -0.3 is 4.74 Å². The van der Waals surface area contributed by atoms with Crippen molar-refractivity contribution in [2.75, 3.05) is 0 Å². The van der Waals surface area contributed by atoms with E-state index in [-0.39, 0.29) is 0 Å². The molecule has 0 atom stereocenters. The fraction of sp³-hybridized carbons (Fsp3) is 0.538. The van der Waals surface area contributed by atoms with E-state index in [4.69, 9.17) is 4.74 Å². The Morgan fingerprint density at radius 3 is 2.50 bits per heavy atom. The van der Waals surface area contributed by atoms with Gasteiger partial charge in [0.2, 0.25) is 0 Å². The number of aryl methyl sites for hydroxylation is 1. The van der Waals surface area contributed by atoms with Crippen molar-refractivity contribution in [3.05, 3.63) is 29.8 Å². The van der Waals surface area contributed by atoms with Crippen LogP contribution in [-0.4, -0.2) is 6.10 Å². The van der Waals surface area contributed by atoms with E-state index in [1.54, 1.807) is 0 Å². The Hall–Kier alpha value is -0.980. The molecule has 1 saturated carbocycles. The van der Waals surface area contributed by atoms with Gasteiger partial charge in [0.25, 0.3) is 0 Å². The van der Waals surface area contributed by atoms with Crippen LogP contribution in [0.2, 0.25) is 0 Å². The summed E-state index contributed by atoms with van der Waals surface area (Å²) in [6.07, 6.45) is 6.97. The second-order valence-electron chi connectivity index (χ2n) is 4.14. The maximum atomic E-state index is 5.99. The molecule has 2 rings (SSSR count). The van der Waals surface area contributed by atoms with Crippen molar-refractivity contribution in [2.45, 2.75) is 45.1 Å². The van der Waals surface area contributed by atoms with Gasteiger partial charge in [-0.25, -0.2) is 0 Å². The molecule has 1 aromatic carbocycles. The van der Waals surface area contributed by atoms with Gasteiger partial charge in [-0.15, -0.1) is 0 Å². The first-order valence-electron chi connectivity index (χ1n) is 5.58. The molecule has 0 heterocycles. The quantitative estimate of drug-likeness (QED) is 0.690. The van der Waals surface area contributed by atoms with Crippen molar-refractivity contribution in [2.24, 2.45) is 0 Å². The van der Waals surface area contributed by atoms with Crippen LogP contribution in [0.15, 0.2) is 24.3 Å². The molecule has 1 aliphatic carbocycles. The summed E-state index contributed by atoms with van der Waals surface area (Å²) in [5, 5.41) is 0. The molecule has 0 radical (unpaired) electrons. The lowest BCUT2D eigenvalue weighted by Crippen LogP contribution is -2.19. The highest BCUT2D eigenvalue weighted by atomic mass is 16.5. The van der Waals surface area contributed by atoms with Gasteiger partial charge in [-0.05, 0) is 44.2 Å². The summed E-state index contributed by atoms with van der Waals surface area (Å²) < 4.78 is 5.99. The molecule has 0 spiro atoms. The minimum Gasteiger partial charge on any atom is -0.490 e. The third kappa shape index (κ3) is 2.28. The fourth-order valence-electron chi connectivity index (χ4n) is 2.05. The molecule has 1 aromatic rings. The predicted molar refractivity (Wildman–Crippen MR) is 58.7 cm³/mol. The minimum absolute atomic E-state index is 0.463. The number of hydrogen-bond acceptors (Lipinski definition) is 1. The SMILES string of the molecule is Cc1ccccc1OC1CCCCC1. The zero-order valence-corrected chi connectivity index (χ0v) is 8.83. The largest absolute Gasteiger partial charge is 0.490 e. The Bertz CT molecular complexity index is 287. The molecule has 0 unspecified atom stereocenters. The molecule has 1 heteroatoms. The van der Waals surface area contributed by atoms with E-state index >= 15 is 0 Å². The van der Waals surface area contributed by atoms with Crippen LogP contribution in [0, 0.1) is 6.92 Å². The number of para-hydroxylation sites is 1. The van der Waals surface area contributed by atoms with Crippen molar-refractivity contribution in [1.29, 1.82) is 0 Å². The monoisotopic (exact) mass is 190 g/mol. The lowest BCUT2D eigenvalue weighted by molar-refractivity contribution is 0.154. The molecule has 0 aliphatic heterocycles. The van der Waals surface area contributed by atoms with E-state index in [1.165, 1.54) is 37.7 Å². The summed E-state index contributed by atoms with van der Waals surface area (Å²) in [5.74, 6) is 1.07. The lowest BCUT2D eigenvalue weighted by Gasteiger charge is -2.23. The van der Waals surface area contributed by atoms with E-state index in [0.717, 1.165) is 5.75 Å². The summed E-state index contributed by atoms with van der Waals surface area (Å²) in [4.78, 5) is 0. The van der Waals surface area contributed by atoms with Gasteiger partial charge in [-0.3, -0.25) is 0 Å². The molecular weight excluding hydrogens is 172 g/mol. The van der Waals surface area contributed by atoms with Crippen LogP contribution in [0.25, 0.3) is 0 Å². The van der Waals surface area contributed by atoms with E-state index in [9.17, 15) is 0 Å². The van der Waals surface area contributed by atoms with Crippen LogP contribution < -0.4 is 4.74 Å². The van der Waals surface area contributed by atoms with Crippen molar-refractivity contribution in [3.8, 4) is 5.75 Å². The van der Waals surface area contributed by atoms with Crippen LogP contribution in [0.3, 0.4) is 0 Å². The topological polar surface area (TPSA) is 9.23 Å². The van der Waals surface area contributed by atoms with Crippen LogP contribution in [0.4, 0.5) is 0 Å². The predicted octanol–water partition coefficient (Wildman–Crippen LogP) is 3.71. The average Bonchev–Trinajstić information content (AvgIpc) is 2.23. The second kappa shape index (κ2) is 4.50. The molecule has 14 heavy (non-hydrogen) atoms. The molecule has 0 saturated heterocycles. The standard InChI is InChI=1S/C13H18O/c1-11-7-5-6-10-13(11)14-12-8-3-2-4-9-12/h5-7,10,12H,2-4,8-9H2,1H3. The van der Waals surface area contributed by atoms with E-state index in [0.29, 0.717) is 6.10 Å². The van der Waals surface area contributed by atoms with Gasteiger partial charge in [-0.2, -0.15) is 0 Å². The Morgan fingerprint density at radius 2 is 1.79 bits per heavy atom. The van der Waals surface area contributed by atoms with Crippen LogP contribution in [0.5, 0.6) is 5.75 Å². The maximum Gasteiger partial charge on any atom is 0.122 e. The molecule has 1 fully saturated rings. The fourth-order valence-corrected chi connectivity index (χ4v) is 2.05. The van der Waals surface area contributed by atoms with Crippen molar-refractivity contribution < 1.29 is 4.74 Å². The third-order valence-corrected chi connectivity index (χ3v) is 2.94. The van der Waals surface area contributed by atoms with E-state index in [1.807, 2.05) is 6.07 Å². The highest BCUT2D eigenvalue weighted by Gasteiger charge is 2.15. The van der Waals surface area contributed by atoms with Gasteiger partial charge in [-0.1, -0.05) is 24.6 Å². The minimum atomic E-state index is 0.463. The Morgan fingerprint density at radius 1 is 1.07 bits per heavy atom. The highest BCUT2D eigenvalue weighted by molar-refractivity contribution is 5.31. The number of hydrogen-bond donors (Lipinski definition) is 0. The summed E-state index contributed by atoms with van der Waals surface area (Å²) in [6, 6.07) is 8.29. The van der Waals surface area contributed by atoms with Crippen LogP contribution >= 0.6 is 0 Å². The van der Waals surface area contributed by atoms with Crippen molar-refractivity contribution >= 4 is 0 Å². The Balaban J connectivity index is 1.99. The summed E-state index contributed by atoms with van der Waals surface area (Å²) >= 11 is 0. The van der Waals surface area contributed by atoms with E-state index < -0.39 is 0 Å². The average molecular weight is 190 g/mol. The van der Waals surface area contributed by atoms with Gasteiger partial charge in [0, 0.05) is 0 Å². The first kappa shape index (κ1) is 9.57. The number of ether oxygens (including phenoxy) is 1. The van der Waals surface area contributed by atoms with Gasteiger partial charge in [0.15, 0.2) is 0 Å². The first-order chi connectivity index (χ1) is 6.86. The number of rotatable bonds is 2. The van der Waals surface area contributed by atoms with Crippen LogP contribution in [-0.2, 0) is 0 Å². The Labute approximate surface area is 86.1 Å². The lowest BCUT2D eigenvalue weighted by atomic mass is 9.98. The summed E-state index contributed by atoms with van der Waals surface area (Å²) in [7, 11) is 0. The zero-order chi connectivity index (χ0) is 9.80. The van der Waals surface area contributed by atoms with Crippen LogP contribution in [0.1, 0.15) is 37.7 Å². The molecular formula is C13H18O. The third-order valence-electron chi connectivity index (χ3n) is 2.94. The normalized spacial score (nSPS) is 18.1. The van der Waals surface area contributed by atoms with E-state index in [2.05, 4.69) is 25.1 Å². The Kier molecular flexibility index (Phi) is 3.07. The molecule has 0 amide bonds. The number of benzene rings is 1. The summed E-state index contributed by atoms with van der Waals surface area (Å²) in [5.41, 5.74) is 1.25. The first-order valence-corrected chi connectivity index (χ1v) is 5.58. The smallest absolute Gasteiger partial charge is 0.122 e. The maximum absolute atomic E-state index is 5.99. The van der Waals surface area contributed by atoms with Gasteiger partial charge >= 0.3 is 0 Å². The summed E-state index contributed by atoms with van der Waals surface area (Å²) in [6.45, 7) is 2.11. The molecule has 1 aliphatic rings. The molecule has 76 valence electrons. The van der Waals surface area contributed by atoms with Crippen molar-refractivity contribution in [3.63, 3.8) is 0 Å². The molecule has 0 bridgehead atoms. The highest BCUT2D eigenvalue weighted by Crippen LogP contribution is 2.25. The second-order valence-corrected chi connectivity index (χ2v) is 4.14. The molecule has 1 nitrogen and oxygen atoms in total. The van der Waals surface area contributed by atoms with Crippen molar-refractivity contribution in [1.82, 2.24) is 0 Å². The molecule has 0 N–H and O–H groups in total. The van der Waals surface area contributed by atoms with Gasteiger partial charge in [0.05, 0.1) is 6.10 Å². The van der Waals surface area contributed by atoms with Gasteiger partial charge in [0.1, 0.15) is 5.75 Å². The molecule has 0 aromatic heterocycles.